The second-order valence-corrected chi connectivity index (χ2v) is 3.56. The van der Waals surface area contributed by atoms with Crippen LogP contribution in [0.3, 0.4) is 0 Å². The third-order valence-electron chi connectivity index (χ3n) is 2.15. The summed E-state index contributed by atoms with van der Waals surface area (Å²) < 4.78 is 44.9. The molecule has 0 saturated heterocycles. The molecule has 0 spiro atoms. The predicted octanol–water partition coefficient (Wildman–Crippen LogP) is 2.49. The number of amidine groups is 1. The SMILES string of the molecule is CCC(Oc1ccc(OC(F)(F)F)cc1)/C(N)=N/O. The second kappa shape index (κ2) is 6.17. The fraction of sp³-hybridized carbons (Fsp3) is 0.364. The van der Waals surface area contributed by atoms with Gasteiger partial charge in [-0.3, -0.25) is 0 Å². The third kappa shape index (κ3) is 4.94. The average Bonchev–Trinajstić information content (AvgIpc) is 2.35. The van der Waals surface area contributed by atoms with Crippen LogP contribution in [0.25, 0.3) is 0 Å². The molecule has 0 aliphatic rings. The largest absolute Gasteiger partial charge is 0.573 e. The van der Waals surface area contributed by atoms with Crippen molar-refractivity contribution in [3.8, 4) is 11.5 Å². The Hall–Kier alpha value is -2.12. The zero-order valence-electron chi connectivity index (χ0n) is 10.0. The van der Waals surface area contributed by atoms with E-state index >= 15 is 0 Å². The van der Waals surface area contributed by atoms with Crippen LogP contribution in [0.15, 0.2) is 29.4 Å². The average molecular weight is 278 g/mol. The van der Waals surface area contributed by atoms with E-state index in [9.17, 15) is 13.2 Å². The summed E-state index contributed by atoms with van der Waals surface area (Å²) in [5, 5.41) is 11.3. The number of nitrogens with zero attached hydrogens (tertiary/aromatic N) is 1. The third-order valence-corrected chi connectivity index (χ3v) is 2.15. The predicted molar refractivity (Wildman–Crippen MR) is 61.2 cm³/mol. The summed E-state index contributed by atoms with van der Waals surface area (Å²) in [5.74, 6) is -0.178. The number of hydrogen-bond acceptors (Lipinski definition) is 4. The molecular weight excluding hydrogens is 265 g/mol. The van der Waals surface area contributed by atoms with Crippen LogP contribution in [0.5, 0.6) is 11.5 Å². The van der Waals surface area contributed by atoms with Gasteiger partial charge in [-0.15, -0.1) is 13.2 Å². The van der Waals surface area contributed by atoms with E-state index in [1.54, 1.807) is 6.92 Å². The quantitative estimate of drug-likeness (QED) is 0.375. The van der Waals surface area contributed by atoms with Crippen LogP contribution in [0.4, 0.5) is 13.2 Å². The molecule has 1 aromatic carbocycles. The first-order valence-corrected chi connectivity index (χ1v) is 5.35. The Labute approximate surface area is 107 Å². The molecule has 0 radical (unpaired) electrons. The van der Waals surface area contributed by atoms with Crippen molar-refractivity contribution in [2.75, 3.05) is 0 Å². The molecule has 0 fully saturated rings. The molecular formula is C11H13F3N2O3. The van der Waals surface area contributed by atoms with Gasteiger partial charge in [-0.25, -0.2) is 0 Å². The summed E-state index contributed by atoms with van der Waals surface area (Å²) in [6.07, 6.45) is -4.95. The Morgan fingerprint density at radius 2 is 1.84 bits per heavy atom. The fourth-order valence-corrected chi connectivity index (χ4v) is 1.30. The Balaban J connectivity index is 2.71. The van der Waals surface area contributed by atoms with E-state index in [1.165, 1.54) is 12.1 Å². The van der Waals surface area contributed by atoms with Gasteiger partial charge in [-0.2, -0.15) is 0 Å². The molecule has 1 rings (SSSR count). The van der Waals surface area contributed by atoms with Gasteiger partial charge in [-0.05, 0) is 30.7 Å². The molecule has 3 N–H and O–H groups in total. The summed E-state index contributed by atoms with van der Waals surface area (Å²) in [5.41, 5.74) is 5.39. The minimum absolute atomic E-state index is 0.113. The summed E-state index contributed by atoms with van der Waals surface area (Å²) in [6, 6.07) is 4.83. The zero-order valence-corrected chi connectivity index (χ0v) is 10.0. The van der Waals surface area contributed by atoms with Crippen LogP contribution < -0.4 is 15.2 Å². The molecule has 106 valence electrons. The van der Waals surface area contributed by atoms with E-state index in [4.69, 9.17) is 15.7 Å². The van der Waals surface area contributed by atoms with Crippen molar-refractivity contribution in [3.05, 3.63) is 24.3 Å². The first-order valence-electron chi connectivity index (χ1n) is 5.35. The second-order valence-electron chi connectivity index (χ2n) is 3.56. The van der Waals surface area contributed by atoms with Crippen LogP contribution in [0.2, 0.25) is 0 Å². The molecule has 0 aliphatic carbocycles. The lowest BCUT2D eigenvalue weighted by molar-refractivity contribution is -0.274. The smallest absolute Gasteiger partial charge is 0.482 e. The maximum Gasteiger partial charge on any atom is 0.573 e. The van der Waals surface area contributed by atoms with Crippen LogP contribution >= 0.6 is 0 Å². The van der Waals surface area contributed by atoms with Crippen LogP contribution in [0.1, 0.15) is 13.3 Å². The lowest BCUT2D eigenvalue weighted by Gasteiger charge is -2.16. The van der Waals surface area contributed by atoms with Gasteiger partial charge in [-0.1, -0.05) is 12.1 Å². The van der Waals surface area contributed by atoms with Gasteiger partial charge in [0.15, 0.2) is 11.9 Å². The van der Waals surface area contributed by atoms with E-state index in [2.05, 4.69) is 9.89 Å². The number of hydrogen-bond donors (Lipinski definition) is 2. The highest BCUT2D eigenvalue weighted by atomic mass is 19.4. The normalized spacial score (nSPS) is 14.0. The van der Waals surface area contributed by atoms with Gasteiger partial charge in [0.1, 0.15) is 11.5 Å². The molecule has 1 unspecified atom stereocenters. The highest BCUT2D eigenvalue weighted by Crippen LogP contribution is 2.25. The molecule has 0 bridgehead atoms. The summed E-state index contributed by atoms with van der Waals surface area (Å²) in [6.45, 7) is 1.75. The number of rotatable bonds is 5. The van der Waals surface area contributed by atoms with Crippen molar-refractivity contribution in [2.24, 2.45) is 10.9 Å². The van der Waals surface area contributed by atoms with Crippen molar-refractivity contribution in [1.82, 2.24) is 0 Å². The first-order chi connectivity index (χ1) is 8.85. The Morgan fingerprint density at radius 3 is 2.26 bits per heavy atom. The highest BCUT2D eigenvalue weighted by molar-refractivity contribution is 5.84. The van der Waals surface area contributed by atoms with Crippen molar-refractivity contribution >= 4 is 5.84 Å². The lowest BCUT2D eigenvalue weighted by Crippen LogP contribution is -2.33. The summed E-state index contributed by atoms with van der Waals surface area (Å²) in [7, 11) is 0. The Bertz CT molecular complexity index is 432. The van der Waals surface area contributed by atoms with Crippen molar-refractivity contribution in [2.45, 2.75) is 25.8 Å². The number of alkyl halides is 3. The zero-order chi connectivity index (χ0) is 14.5. The molecule has 8 heteroatoms. The molecule has 0 saturated carbocycles. The molecule has 0 amide bonds. The van der Waals surface area contributed by atoms with Crippen molar-refractivity contribution < 1.29 is 27.9 Å². The number of oxime groups is 1. The van der Waals surface area contributed by atoms with Gasteiger partial charge in [0, 0.05) is 0 Å². The van der Waals surface area contributed by atoms with E-state index in [0.717, 1.165) is 12.1 Å². The van der Waals surface area contributed by atoms with Crippen LogP contribution in [0, 0.1) is 0 Å². The van der Waals surface area contributed by atoms with Gasteiger partial charge < -0.3 is 20.4 Å². The van der Waals surface area contributed by atoms with Gasteiger partial charge in [0.2, 0.25) is 0 Å². The Morgan fingerprint density at radius 1 is 1.32 bits per heavy atom. The Kier molecular flexibility index (Phi) is 4.85. The fourth-order valence-electron chi connectivity index (χ4n) is 1.30. The first kappa shape index (κ1) is 14.9. The van der Waals surface area contributed by atoms with E-state index in [0.29, 0.717) is 6.42 Å². The maximum atomic E-state index is 11.9. The molecule has 0 aromatic heterocycles. The van der Waals surface area contributed by atoms with Gasteiger partial charge >= 0.3 is 6.36 Å². The monoisotopic (exact) mass is 278 g/mol. The number of benzene rings is 1. The summed E-state index contributed by atoms with van der Waals surface area (Å²) >= 11 is 0. The number of ether oxygens (including phenoxy) is 2. The topological polar surface area (TPSA) is 77.1 Å². The minimum Gasteiger partial charge on any atom is -0.482 e. The molecule has 5 nitrogen and oxygen atoms in total. The van der Waals surface area contributed by atoms with E-state index in [1.807, 2.05) is 0 Å². The molecule has 1 aromatic rings. The van der Waals surface area contributed by atoms with Crippen molar-refractivity contribution in [1.29, 1.82) is 0 Å². The summed E-state index contributed by atoms with van der Waals surface area (Å²) in [4.78, 5) is 0. The maximum absolute atomic E-state index is 11.9. The van der Waals surface area contributed by atoms with Gasteiger partial charge in [0.25, 0.3) is 0 Å². The molecule has 19 heavy (non-hydrogen) atoms. The van der Waals surface area contributed by atoms with Gasteiger partial charge in [0.05, 0.1) is 0 Å². The minimum atomic E-state index is -4.73. The van der Waals surface area contributed by atoms with E-state index in [-0.39, 0.29) is 17.3 Å². The lowest BCUT2D eigenvalue weighted by atomic mass is 10.2. The molecule has 1 atom stereocenters. The number of halogens is 3. The van der Waals surface area contributed by atoms with Crippen LogP contribution in [-0.2, 0) is 0 Å². The van der Waals surface area contributed by atoms with E-state index < -0.39 is 12.5 Å². The standard InChI is InChI=1S/C11H13F3N2O3/c1-2-9(10(15)16-17)18-7-3-5-8(6-4-7)19-11(12,13)14/h3-6,9,17H,2H2,1H3,(H2,15,16). The molecule has 0 heterocycles. The highest BCUT2D eigenvalue weighted by Gasteiger charge is 2.31. The number of nitrogens with two attached hydrogens (primary N) is 1. The molecule has 0 aliphatic heterocycles. The van der Waals surface area contributed by atoms with Crippen molar-refractivity contribution in [3.63, 3.8) is 0 Å². The van der Waals surface area contributed by atoms with Crippen LogP contribution in [-0.4, -0.2) is 23.5 Å².